The summed E-state index contributed by atoms with van der Waals surface area (Å²) in [7, 11) is 0. The molecule has 15 heavy (non-hydrogen) atoms. The maximum absolute atomic E-state index is 11.3. The molecule has 0 aliphatic rings. The van der Waals surface area contributed by atoms with Crippen LogP contribution in [0, 0.1) is 0 Å². The highest BCUT2D eigenvalue weighted by molar-refractivity contribution is 5.76. The number of hydrogen-bond donors (Lipinski definition) is 1. The molecule has 4 heteroatoms. The number of rotatable bonds is 5. The second kappa shape index (κ2) is 4.47. The van der Waals surface area contributed by atoms with Crippen molar-refractivity contribution in [3.8, 4) is 0 Å². The lowest BCUT2D eigenvalue weighted by Gasteiger charge is -2.26. The van der Waals surface area contributed by atoms with Crippen LogP contribution in [0.3, 0.4) is 0 Å². The van der Waals surface area contributed by atoms with Crippen LogP contribution in [-0.2, 0) is 16.8 Å². The summed E-state index contributed by atoms with van der Waals surface area (Å²) in [6.07, 6.45) is 5.76. The van der Waals surface area contributed by atoms with E-state index in [1.54, 1.807) is 23.9 Å². The summed E-state index contributed by atoms with van der Waals surface area (Å²) in [5.41, 5.74) is -0.874. The summed E-state index contributed by atoms with van der Waals surface area (Å²) in [6, 6.07) is 0. The molecule has 1 unspecified atom stereocenters. The normalized spacial score (nSPS) is 14.9. The second-order valence-electron chi connectivity index (χ2n) is 3.90. The van der Waals surface area contributed by atoms with Crippen LogP contribution in [0.15, 0.2) is 12.4 Å². The van der Waals surface area contributed by atoms with Gasteiger partial charge in [0.25, 0.3) is 0 Å². The summed E-state index contributed by atoms with van der Waals surface area (Å²) in [5.74, 6) is 0.0459. The Hall–Kier alpha value is -1.32. The van der Waals surface area contributed by atoms with Crippen molar-refractivity contribution in [3.05, 3.63) is 18.2 Å². The number of carboxylic acids is 1. The Morgan fingerprint density at radius 2 is 2.27 bits per heavy atom. The molecule has 0 aliphatic heterocycles. The Kier molecular flexibility index (Phi) is 3.50. The van der Waals surface area contributed by atoms with E-state index in [-0.39, 0.29) is 0 Å². The number of aryl methyl sites for hydroxylation is 1. The van der Waals surface area contributed by atoms with E-state index in [0.717, 1.165) is 18.7 Å². The van der Waals surface area contributed by atoms with Crippen molar-refractivity contribution in [2.45, 2.75) is 45.6 Å². The molecule has 1 N–H and O–H groups in total. The van der Waals surface area contributed by atoms with Crippen LogP contribution in [-0.4, -0.2) is 20.6 Å². The number of hydrogen-bond acceptors (Lipinski definition) is 2. The average molecular weight is 210 g/mol. The number of imidazole rings is 1. The zero-order chi connectivity index (χ0) is 11.5. The molecule has 0 saturated carbocycles. The van der Waals surface area contributed by atoms with E-state index in [1.165, 1.54) is 0 Å². The van der Waals surface area contributed by atoms with Crippen LogP contribution in [0.2, 0.25) is 0 Å². The molecule has 0 amide bonds. The molecule has 84 valence electrons. The molecule has 1 aromatic rings. The van der Waals surface area contributed by atoms with Gasteiger partial charge in [-0.25, -0.2) is 9.78 Å². The SMILES string of the molecule is CCCc1nccn1C(C)(CC)C(=O)O. The van der Waals surface area contributed by atoms with E-state index < -0.39 is 11.5 Å². The third-order valence-electron chi connectivity index (χ3n) is 2.87. The average Bonchev–Trinajstić information content (AvgIpc) is 2.65. The first-order valence-electron chi connectivity index (χ1n) is 5.32. The molecule has 1 rings (SSSR count). The van der Waals surface area contributed by atoms with Crippen LogP contribution in [0.1, 0.15) is 39.4 Å². The van der Waals surface area contributed by atoms with Gasteiger partial charge in [0.05, 0.1) is 0 Å². The van der Waals surface area contributed by atoms with Crippen molar-refractivity contribution in [1.29, 1.82) is 0 Å². The highest BCUT2D eigenvalue weighted by Gasteiger charge is 2.34. The predicted molar refractivity (Wildman–Crippen MR) is 57.8 cm³/mol. The smallest absolute Gasteiger partial charge is 0.329 e. The fourth-order valence-electron chi connectivity index (χ4n) is 1.62. The summed E-state index contributed by atoms with van der Waals surface area (Å²) in [6.45, 7) is 5.67. The van der Waals surface area contributed by atoms with Crippen molar-refractivity contribution in [2.75, 3.05) is 0 Å². The number of carboxylic acid groups (broad SMARTS) is 1. The standard InChI is InChI=1S/C11H18N2O2/c1-4-6-9-12-7-8-13(9)11(3,5-2)10(14)15/h7-8H,4-6H2,1-3H3,(H,14,15). The Balaban J connectivity index is 3.12. The van der Waals surface area contributed by atoms with Crippen molar-refractivity contribution in [2.24, 2.45) is 0 Å². The van der Waals surface area contributed by atoms with Gasteiger partial charge in [0.2, 0.25) is 0 Å². The van der Waals surface area contributed by atoms with Gasteiger partial charge in [-0.1, -0.05) is 13.8 Å². The van der Waals surface area contributed by atoms with E-state index in [4.69, 9.17) is 0 Å². The Bertz CT molecular complexity index is 346. The summed E-state index contributed by atoms with van der Waals surface area (Å²) >= 11 is 0. The van der Waals surface area contributed by atoms with Crippen LogP contribution in [0.4, 0.5) is 0 Å². The molecule has 0 bridgehead atoms. The minimum atomic E-state index is -0.874. The fourth-order valence-corrected chi connectivity index (χ4v) is 1.62. The number of carbonyl (C=O) groups is 1. The molecule has 4 nitrogen and oxygen atoms in total. The molecule has 0 aromatic carbocycles. The number of nitrogens with zero attached hydrogens (tertiary/aromatic N) is 2. The largest absolute Gasteiger partial charge is 0.479 e. The monoisotopic (exact) mass is 210 g/mol. The molecule has 0 aliphatic carbocycles. The minimum Gasteiger partial charge on any atom is -0.479 e. The Morgan fingerprint density at radius 1 is 1.60 bits per heavy atom. The Labute approximate surface area is 89.9 Å². The maximum atomic E-state index is 11.3. The predicted octanol–water partition coefficient (Wildman–Crippen LogP) is 2.05. The zero-order valence-corrected chi connectivity index (χ0v) is 9.53. The second-order valence-corrected chi connectivity index (χ2v) is 3.90. The van der Waals surface area contributed by atoms with Crippen LogP contribution >= 0.6 is 0 Å². The lowest BCUT2D eigenvalue weighted by Crippen LogP contribution is -2.39. The third-order valence-corrected chi connectivity index (χ3v) is 2.87. The van der Waals surface area contributed by atoms with Crippen molar-refractivity contribution in [1.82, 2.24) is 9.55 Å². The zero-order valence-electron chi connectivity index (χ0n) is 9.53. The van der Waals surface area contributed by atoms with Crippen molar-refractivity contribution < 1.29 is 9.90 Å². The summed E-state index contributed by atoms with van der Waals surface area (Å²) in [5, 5.41) is 9.25. The van der Waals surface area contributed by atoms with Crippen molar-refractivity contribution >= 4 is 5.97 Å². The molecule has 0 saturated heterocycles. The molecule has 1 aromatic heterocycles. The molecule has 1 atom stereocenters. The first-order valence-corrected chi connectivity index (χ1v) is 5.32. The van der Waals surface area contributed by atoms with Gasteiger partial charge in [-0.2, -0.15) is 0 Å². The first-order chi connectivity index (χ1) is 7.06. The van der Waals surface area contributed by atoms with Gasteiger partial charge in [-0.3, -0.25) is 0 Å². The van der Waals surface area contributed by atoms with E-state index in [2.05, 4.69) is 11.9 Å². The fraction of sp³-hybridized carbons (Fsp3) is 0.636. The molecular weight excluding hydrogens is 192 g/mol. The lowest BCUT2D eigenvalue weighted by molar-refractivity contribution is -0.146. The quantitative estimate of drug-likeness (QED) is 0.809. The van der Waals surface area contributed by atoms with E-state index >= 15 is 0 Å². The first kappa shape index (κ1) is 11.8. The van der Waals surface area contributed by atoms with E-state index in [1.807, 2.05) is 6.92 Å². The van der Waals surface area contributed by atoms with Gasteiger partial charge in [-0.15, -0.1) is 0 Å². The molecule has 0 fully saturated rings. The van der Waals surface area contributed by atoms with Gasteiger partial charge in [0.1, 0.15) is 11.4 Å². The lowest BCUT2D eigenvalue weighted by atomic mass is 9.98. The highest BCUT2D eigenvalue weighted by Crippen LogP contribution is 2.22. The molecule has 0 radical (unpaired) electrons. The van der Waals surface area contributed by atoms with Gasteiger partial charge >= 0.3 is 5.97 Å². The van der Waals surface area contributed by atoms with Gasteiger partial charge in [0, 0.05) is 18.8 Å². The van der Waals surface area contributed by atoms with Gasteiger partial charge in [-0.05, 0) is 19.8 Å². The van der Waals surface area contributed by atoms with E-state index in [9.17, 15) is 9.90 Å². The summed E-state index contributed by atoms with van der Waals surface area (Å²) < 4.78 is 1.78. The minimum absolute atomic E-state index is 0.551. The van der Waals surface area contributed by atoms with Crippen LogP contribution in [0.25, 0.3) is 0 Å². The van der Waals surface area contributed by atoms with Gasteiger partial charge < -0.3 is 9.67 Å². The molecule has 1 heterocycles. The van der Waals surface area contributed by atoms with Crippen LogP contribution in [0.5, 0.6) is 0 Å². The van der Waals surface area contributed by atoms with Gasteiger partial charge in [0.15, 0.2) is 0 Å². The maximum Gasteiger partial charge on any atom is 0.329 e. The topological polar surface area (TPSA) is 55.1 Å². The summed E-state index contributed by atoms with van der Waals surface area (Å²) in [4.78, 5) is 15.5. The molecular formula is C11H18N2O2. The third kappa shape index (κ3) is 2.03. The van der Waals surface area contributed by atoms with E-state index in [0.29, 0.717) is 6.42 Å². The number of aliphatic carboxylic acids is 1. The molecule has 0 spiro atoms. The van der Waals surface area contributed by atoms with Crippen LogP contribution < -0.4 is 0 Å². The number of aromatic nitrogens is 2. The van der Waals surface area contributed by atoms with Crippen molar-refractivity contribution in [3.63, 3.8) is 0 Å². The Morgan fingerprint density at radius 3 is 2.73 bits per heavy atom. The highest BCUT2D eigenvalue weighted by atomic mass is 16.4.